The second-order valence-corrected chi connectivity index (χ2v) is 2.03. The van der Waals surface area contributed by atoms with Gasteiger partial charge in [0.1, 0.15) is 6.04 Å². The molecule has 0 aromatic carbocycles. The maximum absolute atomic E-state index is 11.7. The Morgan fingerprint density at radius 3 is 1.90 bits per heavy atom. The molecule has 0 bridgehead atoms. The molecule has 10 heavy (non-hydrogen) atoms. The molecule has 62 valence electrons. The largest absolute Gasteiger partial charge is 0.406 e. The lowest BCUT2D eigenvalue weighted by atomic mass is 10.3. The third-order valence-electron chi connectivity index (χ3n) is 0.808. The van der Waals surface area contributed by atoms with Crippen molar-refractivity contribution in [2.24, 2.45) is 0 Å². The van der Waals surface area contributed by atoms with Gasteiger partial charge >= 0.3 is 6.18 Å². The molecular formula is C3H5Cl2F3N2. The Balaban J connectivity index is 3.81. The second-order valence-electron chi connectivity index (χ2n) is 1.54. The van der Waals surface area contributed by atoms with Gasteiger partial charge < -0.3 is 0 Å². The highest BCUT2D eigenvalue weighted by Gasteiger charge is 2.38. The Bertz CT molecular complexity index is 96.2. The minimum atomic E-state index is -4.37. The molecule has 0 aliphatic rings. The van der Waals surface area contributed by atoms with Crippen molar-refractivity contribution in [3.63, 3.8) is 0 Å². The lowest BCUT2D eigenvalue weighted by molar-refractivity contribution is -0.149. The molecule has 2 N–H and O–H groups in total. The molecule has 0 saturated carbocycles. The van der Waals surface area contributed by atoms with Crippen molar-refractivity contribution >= 4 is 23.6 Å². The molecule has 0 saturated heterocycles. The molecule has 0 fully saturated rings. The average molecular weight is 197 g/mol. The number of nitrogens with one attached hydrogen (secondary N) is 2. The monoisotopic (exact) mass is 196 g/mol. The van der Waals surface area contributed by atoms with Crippen molar-refractivity contribution in [1.82, 2.24) is 9.67 Å². The highest BCUT2D eigenvalue weighted by atomic mass is 35.5. The van der Waals surface area contributed by atoms with Gasteiger partial charge in [-0.3, -0.25) is 0 Å². The number of rotatable bonds is 3. The Morgan fingerprint density at radius 2 is 1.80 bits per heavy atom. The minimum absolute atomic E-state index is 0.464. The maximum Gasteiger partial charge on any atom is 0.406 e. The first-order chi connectivity index (χ1) is 4.52. The van der Waals surface area contributed by atoms with Crippen LogP contribution in [0.2, 0.25) is 0 Å². The van der Waals surface area contributed by atoms with Crippen molar-refractivity contribution in [1.29, 1.82) is 0 Å². The van der Waals surface area contributed by atoms with Crippen LogP contribution in [0.25, 0.3) is 0 Å². The topological polar surface area (TPSA) is 24.1 Å². The van der Waals surface area contributed by atoms with E-state index in [1.807, 2.05) is 4.84 Å². The van der Waals surface area contributed by atoms with Crippen molar-refractivity contribution in [3.05, 3.63) is 0 Å². The van der Waals surface area contributed by atoms with Crippen LogP contribution in [0.15, 0.2) is 0 Å². The maximum atomic E-state index is 11.7. The van der Waals surface area contributed by atoms with Crippen molar-refractivity contribution < 1.29 is 13.2 Å². The third kappa shape index (κ3) is 3.46. The van der Waals surface area contributed by atoms with Crippen LogP contribution in [0.4, 0.5) is 13.2 Å². The molecule has 0 heterocycles. The van der Waals surface area contributed by atoms with Crippen LogP contribution in [-0.4, -0.2) is 18.8 Å². The molecule has 7 heteroatoms. The number of hydrogen-bond acceptors (Lipinski definition) is 2. The first-order valence-corrected chi connectivity index (χ1v) is 3.04. The molecular weight excluding hydrogens is 192 g/mol. The molecule has 0 aromatic heterocycles. The Morgan fingerprint density at radius 1 is 1.30 bits per heavy atom. The molecule has 0 radical (unpaired) electrons. The fourth-order valence-electron chi connectivity index (χ4n) is 0.293. The molecule has 1 atom stereocenters. The molecule has 0 aliphatic heterocycles. The Hall–Kier alpha value is 0.290. The van der Waals surface area contributed by atoms with Crippen molar-refractivity contribution in [3.8, 4) is 0 Å². The summed E-state index contributed by atoms with van der Waals surface area (Å²) >= 11 is 9.59. The van der Waals surface area contributed by atoms with Crippen molar-refractivity contribution in [2.75, 3.05) is 6.54 Å². The standard InChI is InChI=1S/C3H5Cl2F3N2/c4-9-1-2(10-5)3(6,7)8/h2,9-10H,1H2. The number of alkyl halides is 3. The molecule has 0 amide bonds. The van der Waals surface area contributed by atoms with E-state index >= 15 is 0 Å². The molecule has 0 aliphatic carbocycles. The Kier molecular flexibility index (Phi) is 4.35. The normalized spacial score (nSPS) is 15.3. The summed E-state index contributed by atoms with van der Waals surface area (Å²) in [7, 11) is 0. The average Bonchev–Trinajstić information content (AvgIpc) is 1.80. The van der Waals surface area contributed by atoms with Crippen LogP contribution >= 0.6 is 23.6 Å². The van der Waals surface area contributed by atoms with Crippen LogP contribution < -0.4 is 9.67 Å². The van der Waals surface area contributed by atoms with Crippen LogP contribution in [0.1, 0.15) is 0 Å². The van der Waals surface area contributed by atoms with E-state index in [0.717, 1.165) is 0 Å². The van der Waals surface area contributed by atoms with Gasteiger partial charge in [-0.15, -0.1) is 0 Å². The highest BCUT2D eigenvalue weighted by molar-refractivity contribution is 6.14. The zero-order valence-corrected chi connectivity index (χ0v) is 6.19. The minimum Gasteiger partial charge on any atom is -0.232 e. The van der Waals surface area contributed by atoms with E-state index in [-0.39, 0.29) is 0 Å². The summed E-state index contributed by atoms with van der Waals surface area (Å²) in [4.78, 5) is 3.37. The summed E-state index contributed by atoms with van der Waals surface area (Å²) in [6.45, 7) is -0.464. The molecule has 0 rings (SSSR count). The third-order valence-corrected chi connectivity index (χ3v) is 1.23. The second kappa shape index (κ2) is 4.23. The summed E-state index contributed by atoms with van der Waals surface area (Å²) in [5, 5.41) is 0. The van der Waals surface area contributed by atoms with E-state index in [4.69, 9.17) is 23.6 Å². The van der Waals surface area contributed by atoms with Crippen LogP contribution in [0, 0.1) is 0 Å². The first-order valence-electron chi connectivity index (χ1n) is 2.28. The van der Waals surface area contributed by atoms with E-state index < -0.39 is 18.8 Å². The quantitative estimate of drug-likeness (QED) is 0.668. The number of halogens is 5. The van der Waals surface area contributed by atoms with E-state index in [0.29, 0.717) is 0 Å². The first kappa shape index (κ1) is 10.3. The van der Waals surface area contributed by atoms with Crippen LogP contribution in [-0.2, 0) is 0 Å². The predicted molar refractivity (Wildman–Crippen MR) is 32.7 cm³/mol. The summed E-state index contributed by atoms with van der Waals surface area (Å²) in [6.07, 6.45) is -4.37. The van der Waals surface area contributed by atoms with Gasteiger partial charge in [-0.25, -0.2) is 9.67 Å². The molecule has 1 unspecified atom stereocenters. The lowest BCUT2D eigenvalue weighted by Gasteiger charge is -2.16. The molecule has 2 nitrogen and oxygen atoms in total. The van der Waals surface area contributed by atoms with Gasteiger partial charge in [0.25, 0.3) is 0 Å². The van der Waals surface area contributed by atoms with Crippen LogP contribution in [0.3, 0.4) is 0 Å². The van der Waals surface area contributed by atoms with Crippen molar-refractivity contribution in [2.45, 2.75) is 12.2 Å². The summed E-state index contributed by atoms with van der Waals surface area (Å²) < 4.78 is 35.0. The molecule has 0 spiro atoms. The Labute approximate surface area is 65.9 Å². The van der Waals surface area contributed by atoms with E-state index in [1.54, 1.807) is 4.84 Å². The SMILES string of the molecule is FC(F)(F)C(CNCl)NCl. The fraction of sp³-hybridized carbons (Fsp3) is 1.00. The highest BCUT2D eigenvalue weighted by Crippen LogP contribution is 2.19. The molecule has 0 aromatic rings. The van der Waals surface area contributed by atoms with Gasteiger partial charge in [-0.1, -0.05) is 0 Å². The summed E-state index contributed by atoms with van der Waals surface area (Å²) in [6, 6.07) is -1.81. The van der Waals surface area contributed by atoms with Gasteiger partial charge in [0.15, 0.2) is 0 Å². The van der Waals surface area contributed by atoms with Gasteiger partial charge in [-0.2, -0.15) is 13.2 Å². The zero-order valence-electron chi connectivity index (χ0n) is 4.67. The van der Waals surface area contributed by atoms with E-state index in [9.17, 15) is 13.2 Å². The summed E-state index contributed by atoms with van der Waals surface area (Å²) in [5.41, 5.74) is 0. The summed E-state index contributed by atoms with van der Waals surface area (Å²) in [5.74, 6) is 0. The van der Waals surface area contributed by atoms with Crippen LogP contribution in [0.5, 0.6) is 0 Å². The van der Waals surface area contributed by atoms with Gasteiger partial charge in [0, 0.05) is 6.54 Å². The number of hydrogen-bond donors (Lipinski definition) is 2. The van der Waals surface area contributed by atoms with Gasteiger partial charge in [0.05, 0.1) is 0 Å². The van der Waals surface area contributed by atoms with E-state index in [2.05, 4.69) is 0 Å². The predicted octanol–water partition coefficient (Wildman–Crippen LogP) is 1.40. The van der Waals surface area contributed by atoms with Gasteiger partial charge in [-0.05, 0) is 23.6 Å². The lowest BCUT2D eigenvalue weighted by Crippen LogP contribution is -2.43. The fourth-order valence-corrected chi connectivity index (χ4v) is 0.648. The van der Waals surface area contributed by atoms with E-state index in [1.165, 1.54) is 0 Å². The zero-order chi connectivity index (χ0) is 8.20. The smallest absolute Gasteiger partial charge is 0.232 e. The van der Waals surface area contributed by atoms with Gasteiger partial charge in [0.2, 0.25) is 0 Å².